The third kappa shape index (κ3) is 1.93. The van der Waals surface area contributed by atoms with E-state index in [1.807, 2.05) is 0 Å². The fourth-order valence-corrected chi connectivity index (χ4v) is 1.35. The van der Waals surface area contributed by atoms with Crippen molar-refractivity contribution in [3.05, 3.63) is 0 Å². The first-order chi connectivity index (χ1) is 5.38. The molecule has 0 aromatic heterocycles. The molecule has 0 N–H and O–H groups in total. The van der Waals surface area contributed by atoms with Crippen LogP contribution in [0.15, 0.2) is 0 Å². The number of carbonyl (C=O) groups is 2. The van der Waals surface area contributed by atoms with Crippen LogP contribution in [-0.2, 0) is 19.1 Å². The molecule has 0 aromatic rings. The van der Waals surface area contributed by atoms with Crippen molar-refractivity contribution in [3.8, 4) is 0 Å². The second kappa shape index (κ2) is 3.95. The molecule has 2 atom stereocenters. The Kier molecular flexibility index (Phi) is 2.89. The van der Waals surface area contributed by atoms with Crippen LogP contribution in [0.2, 0.25) is 0 Å². The highest BCUT2D eigenvalue weighted by molar-refractivity contribution is 5.39. The predicted molar refractivity (Wildman–Crippen MR) is 35.7 cm³/mol. The highest BCUT2D eigenvalue weighted by Crippen LogP contribution is 2.23. The molecule has 0 amide bonds. The zero-order chi connectivity index (χ0) is 8.10. The second-order valence-electron chi connectivity index (χ2n) is 2.47. The lowest BCUT2D eigenvalue weighted by molar-refractivity contribution is -0.148. The molecule has 1 fully saturated rings. The minimum atomic E-state index is -0.224. The van der Waals surface area contributed by atoms with Gasteiger partial charge in [0, 0.05) is 0 Å². The van der Waals surface area contributed by atoms with Crippen molar-refractivity contribution in [2.75, 3.05) is 0 Å². The van der Waals surface area contributed by atoms with E-state index in [2.05, 4.69) is 0 Å². The van der Waals surface area contributed by atoms with Gasteiger partial charge in [-0.3, -0.25) is 9.59 Å². The summed E-state index contributed by atoms with van der Waals surface area (Å²) >= 11 is 0. The topological polar surface area (TPSA) is 52.6 Å². The normalized spacial score (nSPS) is 29.5. The molecule has 0 heterocycles. The van der Waals surface area contributed by atoms with Gasteiger partial charge in [0.25, 0.3) is 12.9 Å². The van der Waals surface area contributed by atoms with Gasteiger partial charge < -0.3 is 9.47 Å². The smallest absolute Gasteiger partial charge is 0.293 e. The van der Waals surface area contributed by atoms with E-state index in [4.69, 9.17) is 9.47 Å². The van der Waals surface area contributed by atoms with Gasteiger partial charge in [0.2, 0.25) is 0 Å². The molecule has 62 valence electrons. The summed E-state index contributed by atoms with van der Waals surface area (Å²) in [5, 5.41) is 0. The Morgan fingerprint density at radius 3 is 1.82 bits per heavy atom. The second-order valence-corrected chi connectivity index (χ2v) is 2.47. The first kappa shape index (κ1) is 8.04. The zero-order valence-electron chi connectivity index (χ0n) is 6.06. The summed E-state index contributed by atoms with van der Waals surface area (Å²) in [7, 11) is 0. The van der Waals surface area contributed by atoms with Gasteiger partial charge in [-0.1, -0.05) is 0 Å². The van der Waals surface area contributed by atoms with Crippen LogP contribution >= 0.6 is 0 Å². The van der Waals surface area contributed by atoms with E-state index in [0.29, 0.717) is 12.9 Å². The molecular weight excluding hydrogens is 148 g/mol. The van der Waals surface area contributed by atoms with Crippen LogP contribution in [0.5, 0.6) is 0 Å². The van der Waals surface area contributed by atoms with Gasteiger partial charge in [-0.25, -0.2) is 0 Å². The summed E-state index contributed by atoms with van der Waals surface area (Å²) in [5.41, 5.74) is 0. The van der Waals surface area contributed by atoms with Crippen LogP contribution in [0.4, 0.5) is 0 Å². The number of rotatable bonds is 4. The van der Waals surface area contributed by atoms with Crippen LogP contribution in [0.3, 0.4) is 0 Å². The van der Waals surface area contributed by atoms with Gasteiger partial charge in [0.1, 0.15) is 12.2 Å². The Hall–Kier alpha value is -1.06. The minimum Gasteiger partial charge on any atom is -0.461 e. The maximum Gasteiger partial charge on any atom is 0.293 e. The first-order valence-corrected chi connectivity index (χ1v) is 3.56. The van der Waals surface area contributed by atoms with Crippen molar-refractivity contribution in [2.45, 2.75) is 31.5 Å². The van der Waals surface area contributed by atoms with Gasteiger partial charge in [0.05, 0.1) is 0 Å². The van der Waals surface area contributed by atoms with Gasteiger partial charge in [-0.05, 0) is 19.3 Å². The largest absolute Gasteiger partial charge is 0.461 e. The summed E-state index contributed by atoms with van der Waals surface area (Å²) in [6.45, 7) is 0.800. The van der Waals surface area contributed by atoms with Crippen LogP contribution in [0, 0.1) is 0 Å². The van der Waals surface area contributed by atoms with E-state index >= 15 is 0 Å². The lowest BCUT2D eigenvalue weighted by Gasteiger charge is -2.15. The fraction of sp³-hybridized carbons (Fsp3) is 0.714. The average molecular weight is 158 g/mol. The number of hydrogen-bond acceptors (Lipinski definition) is 4. The molecule has 1 aliphatic rings. The highest BCUT2D eigenvalue weighted by Gasteiger charge is 2.29. The van der Waals surface area contributed by atoms with E-state index in [-0.39, 0.29) is 12.2 Å². The van der Waals surface area contributed by atoms with Gasteiger partial charge >= 0.3 is 0 Å². The van der Waals surface area contributed by atoms with E-state index in [1.165, 1.54) is 0 Å². The molecule has 1 aliphatic carbocycles. The van der Waals surface area contributed by atoms with E-state index < -0.39 is 0 Å². The minimum absolute atomic E-state index is 0.224. The Labute approximate surface area is 64.5 Å². The fourth-order valence-electron chi connectivity index (χ4n) is 1.35. The van der Waals surface area contributed by atoms with Crippen molar-refractivity contribution in [3.63, 3.8) is 0 Å². The Morgan fingerprint density at radius 1 is 1.00 bits per heavy atom. The average Bonchev–Trinajstić information content (AvgIpc) is 2.39. The first-order valence-electron chi connectivity index (χ1n) is 3.56. The number of ether oxygens (including phenoxy) is 2. The monoisotopic (exact) mass is 158 g/mol. The van der Waals surface area contributed by atoms with Crippen LogP contribution in [-0.4, -0.2) is 25.2 Å². The molecule has 1 saturated carbocycles. The summed E-state index contributed by atoms with van der Waals surface area (Å²) in [5.74, 6) is 0. The van der Waals surface area contributed by atoms with Crippen molar-refractivity contribution >= 4 is 12.9 Å². The molecular formula is C7H10O4. The molecule has 0 aliphatic heterocycles. The van der Waals surface area contributed by atoms with E-state index in [9.17, 15) is 9.59 Å². The molecule has 1 rings (SSSR count). The Morgan fingerprint density at radius 2 is 1.45 bits per heavy atom. The van der Waals surface area contributed by atoms with Crippen molar-refractivity contribution in [2.24, 2.45) is 0 Å². The SMILES string of the molecule is O=CO[C@H]1CCC[C@H]1OC=O. The zero-order valence-corrected chi connectivity index (χ0v) is 6.06. The number of carbonyl (C=O) groups excluding carboxylic acids is 2. The van der Waals surface area contributed by atoms with E-state index in [0.717, 1.165) is 19.3 Å². The van der Waals surface area contributed by atoms with Crippen molar-refractivity contribution in [1.29, 1.82) is 0 Å². The maximum absolute atomic E-state index is 9.94. The lowest BCUT2D eigenvalue weighted by atomic mass is 10.3. The van der Waals surface area contributed by atoms with Crippen molar-refractivity contribution in [1.82, 2.24) is 0 Å². The summed E-state index contributed by atoms with van der Waals surface area (Å²) in [6, 6.07) is 0. The molecule has 0 aromatic carbocycles. The third-order valence-corrected chi connectivity index (χ3v) is 1.85. The molecule has 0 saturated heterocycles. The summed E-state index contributed by atoms with van der Waals surface area (Å²) in [6.07, 6.45) is 2.07. The standard InChI is InChI=1S/C7H10O4/c8-4-10-6-2-1-3-7(6)11-5-9/h4-7H,1-3H2/t6-,7+. The quantitative estimate of drug-likeness (QED) is 0.550. The predicted octanol–water partition coefficient (Wildman–Crippen LogP) is 0.254. The number of hydrogen-bond donors (Lipinski definition) is 0. The molecule has 0 radical (unpaired) electrons. The molecule has 11 heavy (non-hydrogen) atoms. The summed E-state index contributed by atoms with van der Waals surface area (Å²) < 4.78 is 9.41. The Balaban J connectivity index is 2.36. The highest BCUT2D eigenvalue weighted by atomic mass is 16.6. The summed E-state index contributed by atoms with van der Waals surface area (Å²) in [4.78, 5) is 19.9. The molecule has 4 heteroatoms. The van der Waals surface area contributed by atoms with Gasteiger partial charge in [0.15, 0.2) is 0 Å². The van der Waals surface area contributed by atoms with Gasteiger partial charge in [-0.15, -0.1) is 0 Å². The Bertz CT molecular complexity index is 129. The van der Waals surface area contributed by atoms with E-state index in [1.54, 1.807) is 0 Å². The van der Waals surface area contributed by atoms with Gasteiger partial charge in [-0.2, -0.15) is 0 Å². The maximum atomic E-state index is 9.94. The third-order valence-electron chi connectivity index (χ3n) is 1.85. The van der Waals surface area contributed by atoms with Crippen LogP contribution < -0.4 is 0 Å². The molecule has 0 unspecified atom stereocenters. The van der Waals surface area contributed by atoms with Crippen LogP contribution in [0.25, 0.3) is 0 Å². The molecule has 0 spiro atoms. The van der Waals surface area contributed by atoms with Crippen molar-refractivity contribution < 1.29 is 19.1 Å². The molecule has 0 bridgehead atoms. The molecule has 4 nitrogen and oxygen atoms in total. The lowest BCUT2D eigenvalue weighted by Crippen LogP contribution is -2.25. The van der Waals surface area contributed by atoms with Crippen LogP contribution in [0.1, 0.15) is 19.3 Å².